The summed E-state index contributed by atoms with van der Waals surface area (Å²) in [4.78, 5) is 2.46. The summed E-state index contributed by atoms with van der Waals surface area (Å²) in [5.74, 6) is 1.46. The van der Waals surface area contributed by atoms with E-state index in [1.54, 1.807) is 13.3 Å². The average molecular weight is 423 g/mol. The summed E-state index contributed by atoms with van der Waals surface area (Å²) in [7, 11) is 1.61. The van der Waals surface area contributed by atoms with Crippen molar-refractivity contribution < 1.29 is 14.6 Å². The van der Waals surface area contributed by atoms with E-state index in [1.807, 2.05) is 48.5 Å². The second-order valence-electron chi connectivity index (χ2n) is 7.73. The molecule has 2 heterocycles. The molecule has 0 bridgehead atoms. The Morgan fingerprint density at radius 1 is 1.10 bits per heavy atom. The number of H-pyrrole nitrogens is 1. The summed E-state index contributed by atoms with van der Waals surface area (Å²) in [6.07, 6.45) is 4.69. The monoisotopic (exact) mass is 422 g/mol. The predicted molar refractivity (Wildman–Crippen MR) is 121 cm³/mol. The van der Waals surface area contributed by atoms with Gasteiger partial charge in [0.15, 0.2) is 12.0 Å². The molecular formula is C24H30N4O3. The number of aliphatic hydroxyl groups is 1. The van der Waals surface area contributed by atoms with E-state index in [0.717, 1.165) is 34.8 Å². The van der Waals surface area contributed by atoms with Gasteiger partial charge < -0.3 is 19.9 Å². The minimum Gasteiger partial charge on any atom is -0.493 e. The van der Waals surface area contributed by atoms with Crippen LogP contribution in [0.3, 0.4) is 0 Å². The highest BCUT2D eigenvalue weighted by molar-refractivity contribution is 5.79. The van der Waals surface area contributed by atoms with Gasteiger partial charge in [-0.2, -0.15) is 5.10 Å². The predicted octanol–water partition coefficient (Wildman–Crippen LogP) is 4.05. The molecule has 1 unspecified atom stereocenters. The summed E-state index contributed by atoms with van der Waals surface area (Å²) >= 11 is 0. The number of aliphatic hydroxyl groups excluding tert-OH is 1. The molecule has 0 radical (unpaired) electrons. The SMILES string of the molecule is COc1cn[nH]c1-c1ccccc1NC(O)c1ccc(OCCN2CCCCC2)cc1. The first-order chi connectivity index (χ1) is 15.2. The maximum atomic E-state index is 10.7. The third-order valence-corrected chi connectivity index (χ3v) is 5.63. The minimum atomic E-state index is -0.863. The molecule has 1 aliphatic heterocycles. The minimum absolute atomic E-state index is 0.648. The molecular weight excluding hydrogens is 392 g/mol. The Morgan fingerprint density at radius 2 is 1.87 bits per heavy atom. The molecule has 2 aromatic carbocycles. The first-order valence-electron chi connectivity index (χ1n) is 10.8. The van der Waals surface area contributed by atoms with Gasteiger partial charge in [0, 0.05) is 23.4 Å². The molecule has 0 amide bonds. The van der Waals surface area contributed by atoms with Gasteiger partial charge in [0.05, 0.1) is 13.3 Å². The number of nitrogens with zero attached hydrogens (tertiary/aromatic N) is 2. The Labute approximate surface area is 183 Å². The van der Waals surface area contributed by atoms with Crippen LogP contribution in [0.4, 0.5) is 5.69 Å². The Kier molecular flexibility index (Phi) is 7.07. The number of aromatic nitrogens is 2. The Bertz CT molecular complexity index is 951. The molecule has 31 heavy (non-hydrogen) atoms. The zero-order valence-electron chi connectivity index (χ0n) is 17.9. The number of methoxy groups -OCH3 is 1. The van der Waals surface area contributed by atoms with Crippen LogP contribution in [0, 0.1) is 0 Å². The van der Waals surface area contributed by atoms with Gasteiger partial charge in [-0.3, -0.25) is 10.00 Å². The van der Waals surface area contributed by atoms with E-state index in [0.29, 0.717) is 12.4 Å². The van der Waals surface area contributed by atoms with Crippen LogP contribution in [0.15, 0.2) is 54.7 Å². The van der Waals surface area contributed by atoms with Crippen LogP contribution in [0.25, 0.3) is 11.3 Å². The summed E-state index contributed by atoms with van der Waals surface area (Å²) in [5.41, 5.74) is 3.16. The van der Waals surface area contributed by atoms with Gasteiger partial charge in [-0.15, -0.1) is 0 Å². The molecule has 7 heteroatoms. The van der Waals surface area contributed by atoms with Gasteiger partial charge in [0.2, 0.25) is 0 Å². The number of para-hydroxylation sites is 1. The number of aromatic amines is 1. The van der Waals surface area contributed by atoms with Gasteiger partial charge in [0.25, 0.3) is 0 Å². The van der Waals surface area contributed by atoms with Gasteiger partial charge in [-0.1, -0.05) is 36.8 Å². The van der Waals surface area contributed by atoms with E-state index in [2.05, 4.69) is 20.4 Å². The molecule has 1 aromatic heterocycles. The van der Waals surface area contributed by atoms with E-state index in [-0.39, 0.29) is 0 Å². The standard InChI is InChI=1S/C24H30N4O3/c1-30-22-17-25-27-23(22)20-7-3-4-8-21(20)26-24(29)18-9-11-19(12-10-18)31-16-15-28-13-5-2-6-14-28/h3-4,7-12,17,24,26,29H,2,5-6,13-16H2,1H3,(H,25,27). The number of likely N-dealkylation sites (tertiary alicyclic amines) is 1. The van der Waals surface area contributed by atoms with Gasteiger partial charge in [0.1, 0.15) is 18.1 Å². The number of hydrogen-bond acceptors (Lipinski definition) is 6. The number of piperidine rings is 1. The zero-order chi connectivity index (χ0) is 21.5. The Balaban J connectivity index is 1.36. The fourth-order valence-electron chi connectivity index (χ4n) is 3.90. The van der Waals surface area contributed by atoms with E-state index >= 15 is 0 Å². The van der Waals surface area contributed by atoms with Crippen LogP contribution in [0.1, 0.15) is 31.1 Å². The molecule has 3 N–H and O–H groups in total. The molecule has 4 rings (SSSR count). The lowest BCUT2D eigenvalue weighted by Crippen LogP contribution is -2.33. The second-order valence-corrected chi connectivity index (χ2v) is 7.73. The number of nitrogens with one attached hydrogen (secondary N) is 2. The van der Waals surface area contributed by atoms with Crippen LogP contribution < -0.4 is 14.8 Å². The Hall–Kier alpha value is -3.03. The second kappa shape index (κ2) is 10.3. The molecule has 3 aromatic rings. The van der Waals surface area contributed by atoms with Crippen molar-refractivity contribution in [2.45, 2.75) is 25.5 Å². The summed E-state index contributed by atoms with van der Waals surface area (Å²) < 4.78 is 11.3. The highest BCUT2D eigenvalue weighted by atomic mass is 16.5. The largest absolute Gasteiger partial charge is 0.493 e. The van der Waals surface area contributed by atoms with Gasteiger partial charge in [-0.05, 0) is 44.1 Å². The first kappa shape index (κ1) is 21.2. The smallest absolute Gasteiger partial charge is 0.164 e. The van der Waals surface area contributed by atoms with E-state index < -0.39 is 6.23 Å². The van der Waals surface area contributed by atoms with Crippen LogP contribution >= 0.6 is 0 Å². The van der Waals surface area contributed by atoms with Crippen molar-refractivity contribution in [2.75, 3.05) is 38.7 Å². The number of benzene rings is 2. The topological polar surface area (TPSA) is 82.6 Å². The average Bonchev–Trinajstić information content (AvgIpc) is 3.29. The van der Waals surface area contributed by atoms with Crippen molar-refractivity contribution in [1.82, 2.24) is 15.1 Å². The van der Waals surface area contributed by atoms with Crippen molar-refractivity contribution in [3.8, 4) is 22.8 Å². The lowest BCUT2D eigenvalue weighted by Gasteiger charge is -2.26. The lowest BCUT2D eigenvalue weighted by molar-refractivity contribution is 0.183. The van der Waals surface area contributed by atoms with E-state index in [1.165, 1.54) is 32.4 Å². The van der Waals surface area contributed by atoms with Crippen molar-refractivity contribution in [1.29, 1.82) is 0 Å². The summed E-state index contributed by atoms with van der Waals surface area (Å²) in [5, 5.41) is 20.9. The van der Waals surface area contributed by atoms with Crippen LogP contribution in [-0.2, 0) is 0 Å². The van der Waals surface area contributed by atoms with Crippen molar-refractivity contribution in [3.05, 3.63) is 60.3 Å². The fourth-order valence-corrected chi connectivity index (χ4v) is 3.90. The van der Waals surface area contributed by atoms with Gasteiger partial charge in [-0.25, -0.2) is 0 Å². The molecule has 164 valence electrons. The molecule has 7 nitrogen and oxygen atoms in total. The quantitative estimate of drug-likeness (QED) is 0.451. The summed E-state index contributed by atoms with van der Waals surface area (Å²) in [6, 6.07) is 15.3. The lowest BCUT2D eigenvalue weighted by atomic mass is 10.1. The highest BCUT2D eigenvalue weighted by Gasteiger charge is 2.15. The molecule has 0 saturated carbocycles. The normalized spacial score (nSPS) is 15.4. The first-order valence-corrected chi connectivity index (χ1v) is 10.8. The van der Waals surface area contributed by atoms with Crippen LogP contribution in [0.2, 0.25) is 0 Å². The molecule has 1 atom stereocenters. The molecule has 1 aliphatic rings. The third kappa shape index (κ3) is 5.37. The maximum absolute atomic E-state index is 10.7. The highest BCUT2D eigenvalue weighted by Crippen LogP contribution is 2.34. The van der Waals surface area contributed by atoms with Crippen LogP contribution in [0.5, 0.6) is 11.5 Å². The fraction of sp³-hybridized carbons (Fsp3) is 0.375. The van der Waals surface area contributed by atoms with E-state index in [9.17, 15) is 5.11 Å². The van der Waals surface area contributed by atoms with Crippen LogP contribution in [-0.4, -0.2) is 53.6 Å². The number of anilines is 1. The van der Waals surface area contributed by atoms with E-state index in [4.69, 9.17) is 9.47 Å². The van der Waals surface area contributed by atoms with Crippen molar-refractivity contribution >= 4 is 5.69 Å². The number of rotatable bonds is 9. The number of hydrogen-bond donors (Lipinski definition) is 3. The zero-order valence-corrected chi connectivity index (χ0v) is 17.9. The molecule has 0 spiro atoms. The van der Waals surface area contributed by atoms with Gasteiger partial charge >= 0.3 is 0 Å². The third-order valence-electron chi connectivity index (χ3n) is 5.63. The Morgan fingerprint density at radius 3 is 2.65 bits per heavy atom. The van der Waals surface area contributed by atoms with Crippen molar-refractivity contribution in [2.24, 2.45) is 0 Å². The molecule has 0 aliphatic carbocycles. The van der Waals surface area contributed by atoms with Crippen molar-refractivity contribution in [3.63, 3.8) is 0 Å². The summed E-state index contributed by atoms with van der Waals surface area (Å²) in [6.45, 7) is 3.98. The maximum Gasteiger partial charge on any atom is 0.164 e. The molecule has 1 fully saturated rings. The molecule has 1 saturated heterocycles. The number of ether oxygens (including phenoxy) is 2.